The minimum absolute atomic E-state index is 0.0417. The van der Waals surface area contributed by atoms with Crippen LogP contribution >= 0.6 is 0 Å². The summed E-state index contributed by atoms with van der Waals surface area (Å²) < 4.78 is 35.1. The Morgan fingerprint density at radius 2 is 1.69 bits per heavy atom. The summed E-state index contributed by atoms with van der Waals surface area (Å²) >= 11 is 0. The summed E-state index contributed by atoms with van der Waals surface area (Å²) in [6.45, 7) is 4.85. The Morgan fingerprint density at radius 3 is 2.08 bits per heavy atom. The lowest BCUT2D eigenvalue weighted by molar-refractivity contribution is -0.133. The van der Waals surface area contributed by atoms with Crippen LogP contribution in [0.15, 0.2) is 0 Å². The van der Waals surface area contributed by atoms with Crippen molar-refractivity contribution < 1.29 is 13.2 Å². The molecule has 0 rings (SSSR count). The predicted molar refractivity (Wildman–Crippen MR) is 47.6 cm³/mol. The van der Waals surface area contributed by atoms with E-state index < -0.39 is 12.6 Å². The molecular weight excluding hydrogens is 179 g/mol. The zero-order chi connectivity index (χ0) is 10.3. The van der Waals surface area contributed by atoms with Gasteiger partial charge in [0.1, 0.15) is 0 Å². The average Bonchev–Trinajstić information content (AvgIpc) is 2.03. The Kier molecular flexibility index (Phi) is 6.12. The van der Waals surface area contributed by atoms with Crippen molar-refractivity contribution >= 4 is 0 Å². The molecule has 0 bridgehead atoms. The van der Waals surface area contributed by atoms with E-state index in [4.69, 9.17) is 0 Å². The van der Waals surface area contributed by atoms with Gasteiger partial charge in [0.2, 0.25) is 0 Å². The largest absolute Gasteiger partial charge is 0.390 e. The highest BCUT2D eigenvalue weighted by atomic mass is 19.4. The van der Waals surface area contributed by atoms with Gasteiger partial charge in [-0.1, -0.05) is 26.7 Å². The van der Waals surface area contributed by atoms with Gasteiger partial charge in [-0.2, -0.15) is 13.2 Å². The van der Waals surface area contributed by atoms with Gasteiger partial charge in [-0.3, -0.25) is 0 Å². The summed E-state index contributed by atoms with van der Waals surface area (Å²) in [5, 5.41) is 2.82. The van der Waals surface area contributed by atoms with Gasteiger partial charge in [-0.15, -0.1) is 0 Å². The van der Waals surface area contributed by atoms with Crippen LogP contribution in [0.25, 0.3) is 0 Å². The van der Waals surface area contributed by atoms with Gasteiger partial charge in [0.25, 0.3) is 0 Å². The van der Waals surface area contributed by atoms with E-state index in [0.29, 0.717) is 12.5 Å². The zero-order valence-corrected chi connectivity index (χ0v) is 8.25. The van der Waals surface area contributed by atoms with Crippen molar-refractivity contribution in [2.24, 2.45) is 5.92 Å². The van der Waals surface area contributed by atoms with E-state index in [1.807, 2.05) is 0 Å². The summed E-state index contributed by atoms with van der Waals surface area (Å²) in [4.78, 5) is 0. The predicted octanol–water partition coefficient (Wildman–Crippen LogP) is 2.96. The second-order valence-corrected chi connectivity index (χ2v) is 3.25. The third kappa shape index (κ3) is 8.09. The summed E-state index contributed by atoms with van der Waals surface area (Å²) in [7, 11) is 0. The Balaban J connectivity index is 3.34. The number of hydrogen-bond donors (Lipinski definition) is 1. The molecule has 1 nitrogen and oxygen atoms in total. The van der Waals surface area contributed by atoms with Crippen LogP contribution in [0.3, 0.4) is 0 Å². The van der Waals surface area contributed by atoms with Gasteiger partial charge in [0.15, 0.2) is 0 Å². The molecule has 0 saturated carbocycles. The van der Waals surface area contributed by atoms with Crippen LogP contribution < -0.4 is 5.32 Å². The van der Waals surface area contributed by atoms with E-state index in [0.717, 1.165) is 12.8 Å². The number of nitrogens with one attached hydrogen (secondary N) is 1. The summed E-state index contributed by atoms with van der Waals surface area (Å²) in [5.74, 6) is 0.508. The van der Waals surface area contributed by atoms with Crippen LogP contribution in [0.2, 0.25) is 0 Å². The first-order valence-electron chi connectivity index (χ1n) is 4.77. The lowest BCUT2D eigenvalue weighted by Gasteiger charge is -2.13. The third-order valence-electron chi connectivity index (χ3n) is 2.17. The van der Waals surface area contributed by atoms with Crippen molar-refractivity contribution in [2.45, 2.75) is 39.3 Å². The fraction of sp³-hybridized carbons (Fsp3) is 1.00. The van der Waals surface area contributed by atoms with E-state index in [9.17, 15) is 13.2 Å². The zero-order valence-electron chi connectivity index (χ0n) is 8.25. The maximum absolute atomic E-state index is 11.7. The molecule has 0 fully saturated rings. The second-order valence-electron chi connectivity index (χ2n) is 3.25. The Hall–Kier alpha value is -0.250. The van der Waals surface area contributed by atoms with Crippen LogP contribution in [0.5, 0.6) is 0 Å². The molecule has 0 aromatic heterocycles. The lowest BCUT2D eigenvalue weighted by atomic mass is 10.0. The van der Waals surface area contributed by atoms with E-state index in [2.05, 4.69) is 19.2 Å². The molecule has 80 valence electrons. The normalized spacial score (nSPS) is 12.5. The average molecular weight is 197 g/mol. The van der Waals surface area contributed by atoms with Crippen molar-refractivity contribution in [1.82, 2.24) is 5.32 Å². The fourth-order valence-electron chi connectivity index (χ4n) is 1.11. The minimum Gasteiger partial charge on any atom is -0.316 e. The molecule has 0 saturated heterocycles. The van der Waals surface area contributed by atoms with E-state index in [-0.39, 0.29) is 6.54 Å². The van der Waals surface area contributed by atoms with Crippen molar-refractivity contribution in [2.75, 3.05) is 13.1 Å². The highest BCUT2D eigenvalue weighted by Gasteiger charge is 2.25. The Labute approximate surface area is 77.7 Å². The number of rotatable bonds is 6. The molecule has 0 aromatic rings. The first kappa shape index (κ1) is 12.8. The fourth-order valence-corrected chi connectivity index (χ4v) is 1.11. The maximum atomic E-state index is 11.7. The number of alkyl halides is 3. The first-order valence-corrected chi connectivity index (χ1v) is 4.77. The molecule has 4 heteroatoms. The quantitative estimate of drug-likeness (QED) is 0.645. The first-order chi connectivity index (χ1) is 5.99. The molecular formula is C9H18F3N. The van der Waals surface area contributed by atoms with Crippen molar-refractivity contribution in [3.63, 3.8) is 0 Å². The molecule has 0 aliphatic rings. The summed E-state index contributed by atoms with van der Waals surface area (Å²) in [5.41, 5.74) is 0. The highest BCUT2D eigenvalue weighted by molar-refractivity contribution is 4.60. The van der Waals surface area contributed by atoms with Gasteiger partial charge in [0.05, 0.1) is 6.42 Å². The lowest BCUT2D eigenvalue weighted by Crippen LogP contribution is -2.26. The summed E-state index contributed by atoms with van der Waals surface area (Å²) in [6.07, 6.45) is -2.71. The van der Waals surface area contributed by atoms with Crippen LogP contribution in [0.1, 0.15) is 33.1 Å². The molecule has 0 heterocycles. The SMILES string of the molecule is CCC(CC)CNCCC(F)(F)F. The smallest absolute Gasteiger partial charge is 0.316 e. The Bertz CT molecular complexity index is 119. The monoisotopic (exact) mass is 197 g/mol. The Morgan fingerprint density at radius 1 is 1.15 bits per heavy atom. The molecule has 1 N–H and O–H groups in total. The van der Waals surface area contributed by atoms with Gasteiger partial charge in [-0.25, -0.2) is 0 Å². The molecule has 0 aromatic carbocycles. The molecule has 0 unspecified atom stereocenters. The molecule has 0 amide bonds. The molecule has 0 atom stereocenters. The molecule has 13 heavy (non-hydrogen) atoms. The molecule has 0 spiro atoms. The number of halogens is 3. The summed E-state index contributed by atoms with van der Waals surface area (Å²) in [6, 6.07) is 0. The van der Waals surface area contributed by atoms with Crippen LogP contribution in [0, 0.1) is 5.92 Å². The van der Waals surface area contributed by atoms with Crippen molar-refractivity contribution in [3.8, 4) is 0 Å². The van der Waals surface area contributed by atoms with Gasteiger partial charge >= 0.3 is 6.18 Å². The van der Waals surface area contributed by atoms with Crippen molar-refractivity contribution in [3.05, 3.63) is 0 Å². The van der Waals surface area contributed by atoms with Crippen LogP contribution in [0.4, 0.5) is 13.2 Å². The number of hydrogen-bond acceptors (Lipinski definition) is 1. The molecule has 0 aliphatic heterocycles. The third-order valence-corrected chi connectivity index (χ3v) is 2.17. The van der Waals surface area contributed by atoms with E-state index >= 15 is 0 Å². The van der Waals surface area contributed by atoms with Crippen LogP contribution in [-0.4, -0.2) is 19.3 Å². The van der Waals surface area contributed by atoms with E-state index in [1.54, 1.807) is 0 Å². The van der Waals surface area contributed by atoms with Gasteiger partial charge in [-0.05, 0) is 12.5 Å². The van der Waals surface area contributed by atoms with Crippen molar-refractivity contribution in [1.29, 1.82) is 0 Å². The highest BCUT2D eigenvalue weighted by Crippen LogP contribution is 2.18. The van der Waals surface area contributed by atoms with Gasteiger partial charge < -0.3 is 5.32 Å². The maximum Gasteiger partial charge on any atom is 0.390 e. The van der Waals surface area contributed by atoms with Gasteiger partial charge in [0, 0.05) is 6.54 Å². The second kappa shape index (κ2) is 6.24. The topological polar surface area (TPSA) is 12.0 Å². The molecule has 0 aliphatic carbocycles. The molecule has 0 radical (unpaired) electrons. The van der Waals surface area contributed by atoms with E-state index in [1.165, 1.54) is 0 Å². The van der Waals surface area contributed by atoms with Crippen LogP contribution in [-0.2, 0) is 0 Å². The standard InChI is InChI=1S/C9H18F3N/c1-3-8(4-2)7-13-6-5-9(10,11)12/h8,13H,3-7H2,1-2H3. The minimum atomic E-state index is -4.03.